The normalized spacial score (nSPS) is 23.1. The molecule has 4 nitrogen and oxygen atoms in total. The third-order valence-corrected chi connectivity index (χ3v) is 5.56. The van der Waals surface area contributed by atoms with Gasteiger partial charge < -0.3 is 9.64 Å². The summed E-state index contributed by atoms with van der Waals surface area (Å²) in [6.07, 6.45) is 2.91. The number of nitrogens with zero attached hydrogens (tertiary/aromatic N) is 2. The van der Waals surface area contributed by atoms with Gasteiger partial charge in [0.2, 0.25) is 5.91 Å². The van der Waals surface area contributed by atoms with Crippen LogP contribution >= 0.6 is 12.4 Å². The second-order valence-corrected chi connectivity index (χ2v) is 7.09. The van der Waals surface area contributed by atoms with Gasteiger partial charge in [0.15, 0.2) is 0 Å². The first kappa shape index (κ1) is 17.7. The molecule has 1 aliphatic carbocycles. The molecular weight excluding hydrogens is 367 g/mol. The van der Waals surface area contributed by atoms with E-state index in [2.05, 4.69) is 4.98 Å². The molecule has 1 aliphatic heterocycles. The summed E-state index contributed by atoms with van der Waals surface area (Å²) < 4.78 is 19.6. The van der Waals surface area contributed by atoms with E-state index in [9.17, 15) is 9.18 Å². The van der Waals surface area contributed by atoms with Crippen LogP contribution in [0.4, 0.5) is 10.1 Å². The van der Waals surface area contributed by atoms with Crippen LogP contribution in [0, 0.1) is 5.82 Å². The van der Waals surface area contributed by atoms with Crippen molar-refractivity contribution in [3.63, 3.8) is 0 Å². The number of ether oxygens (including phenoxy) is 1. The van der Waals surface area contributed by atoms with E-state index in [4.69, 9.17) is 4.74 Å². The van der Waals surface area contributed by atoms with Crippen molar-refractivity contribution in [2.45, 2.75) is 24.4 Å². The van der Waals surface area contributed by atoms with E-state index in [1.807, 2.05) is 30.3 Å². The molecule has 27 heavy (non-hydrogen) atoms. The Morgan fingerprint density at radius 3 is 2.67 bits per heavy atom. The van der Waals surface area contributed by atoms with E-state index in [0.29, 0.717) is 18.4 Å². The fourth-order valence-corrected chi connectivity index (χ4v) is 4.32. The number of pyridine rings is 1. The maximum Gasteiger partial charge on any atom is 0.237 e. The Hall–Kier alpha value is -2.66. The number of carbonyl (C=O) groups is 1. The molecule has 1 amide bonds. The number of fused-ring (bicyclic) bond motifs is 4. The molecule has 0 atom stereocenters. The SMILES string of the molecule is CN1C(=O)C2(CC(Oc3ccccc3)C2)c2c1cnc1cc(F)ccc21.Cl. The van der Waals surface area contributed by atoms with Crippen LogP contribution < -0.4 is 9.64 Å². The Labute approximate surface area is 162 Å². The number of amides is 1. The number of carbonyl (C=O) groups excluding carboxylic acids is 1. The van der Waals surface area contributed by atoms with Crippen molar-refractivity contribution in [3.05, 3.63) is 66.1 Å². The Balaban J connectivity index is 0.00000180. The average molecular weight is 385 g/mol. The summed E-state index contributed by atoms with van der Waals surface area (Å²) in [7, 11) is 1.78. The predicted molar refractivity (Wildman–Crippen MR) is 104 cm³/mol. The van der Waals surface area contributed by atoms with Crippen molar-refractivity contribution in [1.29, 1.82) is 0 Å². The maximum absolute atomic E-state index is 13.6. The molecule has 1 saturated carbocycles. The van der Waals surface area contributed by atoms with Crippen molar-refractivity contribution >= 4 is 34.9 Å². The Kier molecular flexibility index (Phi) is 4.07. The van der Waals surface area contributed by atoms with Crippen LogP contribution in [0.25, 0.3) is 10.9 Å². The Morgan fingerprint density at radius 2 is 1.93 bits per heavy atom. The van der Waals surface area contributed by atoms with Gasteiger partial charge in [-0.1, -0.05) is 18.2 Å². The summed E-state index contributed by atoms with van der Waals surface area (Å²) in [5.41, 5.74) is 1.76. The minimum absolute atomic E-state index is 0. The predicted octanol–water partition coefficient (Wildman–Crippen LogP) is 4.25. The number of benzene rings is 2. The van der Waals surface area contributed by atoms with E-state index in [1.165, 1.54) is 12.1 Å². The quantitative estimate of drug-likeness (QED) is 0.663. The fourth-order valence-electron chi connectivity index (χ4n) is 4.32. The van der Waals surface area contributed by atoms with Crippen LogP contribution in [-0.4, -0.2) is 24.0 Å². The molecule has 6 heteroatoms. The summed E-state index contributed by atoms with van der Waals surface area (Å²) >= 11 is 0. The van der Waals surface area contributed by atoms with Crippen LogP contribution in [0.15, 0.2) is 54.7 Å². The number of para-hydroxylation sites is 1. The van der Waals surface area contributed by atoms with Gasteiger partial charge in [0.1, 0.15) is 17.7 Å². The molecule has 0 saturated heterocycles. The monoisotopic (exact) mass is 384 g/mol. The van der Waals surface area contributed by atoms with E-state index >= 15 is 0 Å². The number of anilines is 1. The second-order valence-electron chi connectivity index (χ2n) is 7.09. The van der Waals surface area contributed by atoms with Gasteiger partial charge >= 0.3 is 0 Å². The minimum Gasteiger partial charge on any atom is -0.490 e. The molecule has 138 valence electrons. The van der Waals surface area contributed by atoms with E-state index < -0.39 is 5.41 Å². The van der Waals surface area contributed by atoms with Crippen LogP contribution in [0.5, 0.6) is 5.75 Å². The zero-order valence-corrected chi connectivity index (χ0v) is 15.5. The molecule has 1 fully saturated rings. The Morgan fingerprint density at radius 1 is 1.19 bits per heavy atom. The van der Waals surface area contributed by atoms with Crippen LogP contribution in [0.3, 0.4) is 0 Å². The van der Waals surface area contributed by atoms with Gasteiger partial charge in [-0.15, -0.1) is 12.4 Å². The zero-order valence-electron chi connectivity index (χ0n) is 14.7. The van der Waals surface area contributed by atoms with Crippen LogP contribution in [0.2, 0.25) is 0 Å². The molecule has 2 aromatic carbocycles. The first-order valence-electron chi connectivity index (χ1n) is 8.67. The summed E-state index contributed by atoms with van der Waals surface area (Å²) in [4.78, 5) is 19.1. The number of aromatic nitrogens is 1. The van der Waals surface area contributed by atoms with Gasteiger partial charge in [0.25, 0.3) is 0 Å². The number of rotatable bonds is 2. The lowest BCUT2D eigenvalue weighted by atomic mass is 9.62. The van der Waals surface area contributed by atoms with Gasteiger partial charge in [-0.2, -0.15) is 0 Å². The van der Waals surface area contributed by atoms with Crippen molar-refractivity contribution in [3.8, 4) is 5.75 Å². The van der Waals surface area contributed by atoms with Crippen molar-refractivity contribution in [2.24, 2.45) is 0 Å². The zero-order chi connectivity index (χ0) is 17.9. The van der Waals surface area contributed by atoms with Crippen LogP contribution in [-0.2, 0) is 10.2 Å². The fraction of sp³-hybridized carbons (Fsp3) is 0.238. The molecule has 3 aromatic rings. The highest BCUT2D eigenvalue weighted by atomic mass is 35.5. The highest BCUT2D eigenvalue weighted by Gasteiger charge is 2.59. The van der Waals surface area contributed by atoms with Crippen molar-refractivity contribution < 1.29 is 13.9 Å². The average Bonchev–Trinajstić information content (AvgIpc) is 2.84. The smallest absolute Gasteiger partial charge is 0.237 e. The number of halogens is 2. The standard InChI is InChI=1S/C21H17FN2O2.ClH/c1-24-18-12-23-17-9-13(22)7-8-16(17)19(18)21(20(24)25)10-15(11-21)26-14-5-3-2-4-6-14;/h2-9,12,15H,10-11H2,1H3;1H. The largest absolute Gasteiger partial charge is 0.490 e. The Bertz CT molecular complexity index is 1040. The second kappa shape index (κ2) is 6.20. The summed E-state index contributed by atoms with van der Waals surface area (Å²) in [6.45, 7) is 0. The molecule has 0 unspecified atom stereocenters. The highest BCUT2D eigenvalue weighted by Crippen LogP contribution is 2.55. The first-order valence-corrected chi connectivity index (χ1v) is 8.67. The molecule has 1 aromatic heterocycles. The lowest BCUT2D eigenvalue weighted by Gasteiger charge is -2.43. The molecule has 2 heterocycles. The minimum atomic E-state index is -0.595. The van der Waals surface area contributed by atoms with Crippen molar-refractivity contribution in [2.75, 3.05) is 11.9 Å². The third kappa shape index (κ3) is 2.49. The number of hydrogen-bond acceptors (Lipinski definition) is 3. The van der Waals surface area contributed by atoms with Gasteiger partial charge in [-0.05, 0) is 24.3 Å². The molecule has 0 radical (unpaired) electrons. The van der Waals surface area contributed by atoms with Crippen molar-refractivity contribution in [1.82, 2.24) is 4.98 Å². The molecule has 1 spiro atoms. The first-order chi connectivity index (χ1) is 12.6. The highest BCUT2D eigenvalue weighted by molar-refractivity contribution is 6.12. The molecule has 2 aliphatic rings. The summed E-state index contributed by atoms with van der Waals surface area (Å²) in [6, 6.07) is 14.2. The molecule has 0 bridgehead atoms. The number of hydrogen-bond donors (Lipinski definition) is 0. The van der Waals surface area contributed by atoms with Gasteiger partial charge in [-0.3, -0.25) is 9.78 Å². The van der Waals surface area contributed by atoms with Crippen LogP contribution in [0.1, 0.15) is 18.4 Å². The number of likely N-dealkylation sites (N-methyl/N-ethyl adjacent to an activating group) is 1. The van der Waals surface area contributed by atoms with Gasteiger partial charge in [-0.25, -0.2) is 4.39 Å². The maximum atomic E-state index is 13.6. The molecule has 0 N–H and O–H groups in total. The van der Waals surface area contributed by atoms with Gasteiger partial charge in [0, 0.05) is 36.9 Å². The third-order valence-electron chi connectivity index (χ3n) is 5.56. The topological polar surface area (TPSA) is 42.4 Å². The van der Waals surface area contributed by atoms with E-state index in [-0.39, 0.29) is 30.2 Å². The van der Waals surface area contributed by atoms with E-state index in [0.717, 1.165) is 22.4 Å². The lowest BCUT2D eigenvalue weighted by Crippen LogP contribution is -2.53. The molecule has 5 rings (SSSR count). The molecular formula is C21H18ClFN2O2. The van der Waals surface area contributed by atoms with Gasteiger partial charge in [0.05, 0.1) is 22.8 Å². The summed E-state index contributed by atoms with van der Waals surface area (Å²) in [5, 5.41) is 0.847. The van der Waals surface area contributed by atoms with E-state index in [1.54, 1.807) is 24.2 Å². The lowest BCUT2D eigenvalue weighted by molar-refractivity contribution is -0.129. The summed E-state index contributed by atoms with van der Waals surface area (Å²) in [5.74, 6) is 0.558.